The van der Waals surface area contributed by atoms with Gasteiger partial charge in [0.25, 0.3) is 0 Å². The van der Waals surface area contributed by atoms with Gasteiger partial charge < -0.3 is 10.1 Å². The summed E-state index contributed by atoms with van der Waals surface area (Å²) in [4.78, 5) is 22.1. The second kappa shape index (κ2) is 6.12. The topological polar surface area (TPSA) is 55.4 Å². The molecule has 0 aliphatic heterocycles. The molecule has 1 rings (SSSR count). The molecule has 0 bridgehead atoms. The van der Waals surface area contributed by atoms with Gasteiger partial charge in [0.05, 0.1) is 13.5 Å². The first kappa shape index (κ1) is 12.5. The Bertz CT molecular complexity index is 393. The van der Waals surface area contributed by atoms with Crippen LogP contribution in [0.25, 0.3) is 0 Å². The number of nitrogens with one attached hydrogen (secondary N) is 1. The minimum Gasteiger partial charge on any atom is -0.468 e. The summed E-state index contributed by atoms with van der Waals surface area (Å²) in [5.74, 6) is -0.716. The lowest BCUT2D eigenvalue weighted by Crippen LogP contribution is -2.31. The Morgan fingerprint density at radius 1 is 1.44 bits per heavy atom. The van der Waals surface area contributed by atoms with Crippen molar-refractivity contribution in [3.8, 4) is 0 Å². The van der Waals surface area contributed by atoms with Crippen molar-refractivity contribution in [2.24, 2.45) is 0 Å². The summed E-state index contributed by atoms with van der Waals surface area (Å²) in [6.07, 6.45) is 0.192. The molecular formula is C11H12ClNO3. The van der Waals surface area contributed by atoms with E-state index < -0.39 is 5.97 Å². The number of carbonyl (C=O) groups is 2. The molecule has 1 N–H and O–H groups in total. The number of esters is 1. The minimum absolute atomic E-state index is 0.115. The highest BCUT2D eigenvalue weighted by Gasteiger charge is 2.06. The summed E-state index contributed by atoms with van der Waals surface area (Å²) >= 11 is 5.77. The van der Waals surface area contributed by atoms with Gasteiger partial charge in [-0.25, -0.2) is 0 Å². The number of hydrogen-bond donors (Lipinski definition) is 1. The van der Waals surface area contributed by atoms with Crippen LogP contribution in [-0.4, -0.2) is 25.5 Å². The number of rotatable bonds is 4. The van der Waals surface area contributed by atoms with Crippen LogP contribution in [0.1, 0.15) is 5.56 Å². The van der Waals surface area contributed by atoms with Crippen molar-refractivity contribution >= 4 is 23.5 Å². The maximum atomic E-state index is 11.4. The van der Waals surface area contributed by atoms with Gasteiger partial charge in [-0.1, -0.05) is 23.7 Å². The third-order valence-corrected chi connectivity index (χ3v) is 2.15. The van der Waals surface area contributed by atoms with E-state index in [1.165, 1.54) is 7.11 Å². The zero-order valence-corrected chi connectivity index (χ0v) is 9.58. The average molecular weight is 242 g/mol. The Labute approximate surface area is 98.5 Å². The first-order valence-electron chi connectivity index (χ1n) is 4.70. The van der Waals surface area contributed by atoms with Crippen LogP contribution in [0.2, 0.25) is 5.02 Å². The third-order valence-electron chi connectivity index (χ3n) is 1.91. The molecule has 1 aromatic carbocycles. The predicted molar refractivity (Wildman–Crippen MR) is 60.2 cm³/mol. The normalized spacial score (nSPS) is 9.62. The van der Waals surface area contributed by atoms with Crippen molar-refractivity contribution in [2.75, 3.05) is 13.7 Å². The largest absolute Gasteiger partial charge is 0.468 e. The van der Waals surface area contributed by atoms with Crippen molar-refractivity contribution in [2.45, 2.75) is 6.42 Å². The van der Waals surface area contributed by atoms with Gasteiger partial charge in [0, 0.05) is 5.02 Å². The SMILES string of the molecule is COC(=O)CNC(=O)Cc1cccc(Cl)c1. The van der Waals surface area contributed by atoms with Gasteiger partial charge in [-0.15, -0.1) is 0 Å². The van der Waals surface area contributed by atoms with Gasteiger partial charge in [0.2, 0.25) is 5.91 Å². The summed E-state index contributed by atoms with van der Waals surface area (Å²) in [6, 6.07) is 7.01. The van der Waals surface area contributed by atoms with E-state index in [1.807, 2.05) is 0 Å². The number of methoxy groups -OCH3 is 1. The molecule has 0 spiro atoms. The maximum absolute atomic E-state index is 11.4. The molecule has 5 heteroatoms. The Kier molecular flexibility index (Phi) is 4.79. The number of carbonyl (C=O) groups excluding carboxylic acids is 2. The highest BCUT2D eigenvalue weighted by Crippen LogP contribution is 2.10. The molecule has 4 nitrogen and oxygen atoms in total. The Morgan fingerprint density at radius 3 is 2.81 bits per heavy atom. The van der Waals surface area contributed by atoms with Crippen LogP contribution in [-0.2, 0) is 20.7 Å². The van der Waals surface area contributed by atoms with Gasteiger partial charge in [-0.3, -0.25) is 9.59 Å². The Balaban J connectivity index is 2.43. The fraction of sp³-hybridized carbons (Fsp3) is 0.273. The van der Waals surface area contributed by atoms with Crippen molar-refractivity contribution in [1.82, 2.24) is 5.32 Å². The minimum atomic E-state index is -0.473. The number of amides is 1. The van der Waals surface area contributed by atoms with Crippen LogP contribution in [0, 0.1) is 0 Å². The van der Waals surface area contributed by atoms with E-state index in [4.69, 9.17) is 11.6 Å². The third kappa shape index (κ3) is 4.31. The molecule has 16 heavy (non-hydrogen) atoms. The van der Waals surface area contributed by atoms with Crippen LogP contribution in [0.4, 0.5) is 0 Å². The number of halogens is 1. The average Bonchev–Trinajstić information content (AvgIpc) is 2.26. The molecule has 0 fully saturated rings. The van der Waals surface area contributed by atoms with Crippen LogP contribution < -0.4 is 5.32 Å². The van der Waals surface area contributed by atoms with Gasteiger partial charge in [0.15, 0.2) is 0 Å². The lowest BCUT2D eigenvalue weighted by Gasteiger charge is -2.04. The van der Waals surface area contributed by atoms with Crippen LogP contribution >= 0.6 is 11.6 Å². The zero-order valence-electron chi connectivity index (χ0n) is 8.83. The van der Waals surface area contributed by atoms with E-state index in [0.717, 1.165) is 5.56 Å². The molecular weight excluding hydrogens is 230 g/mol. The molecule has 1 amide bonds. The molecule has 0 saturated carbocycles. The molecule has 0 saturated heterocycles. The van der Waals surface area contributed by atoms with Crippen molar-refractivity contribution in [1.29, 1.82) is 0 Å². The lowest BCUT2D eigenvalue weighted by molar-refractivity contribution is -0.141. The highest BCUT2D eigenvalue weighted by atomic mass is 35.5. The van der Waals surface area contributed by atoms with E-state index in [2.05, 4.69) is 10.1 Å². The number of hydrogen-bond acceptors (Lipinski definition) is 3. The predicted octanol–water partition coefficient (Wildman–Crippen LogP) is 1.17. The second-order valence-electron chi connectivity index (χ2n) is 3.16. The van der Waals surface area contributed by atoms with Crippen molar-refractivity contribution in [3.63, 3.8) is 0 Å². The van der Waals surface area contributed by atoms with E-state index in [-0.39, 0.29) is 18.9 Å². The van der Waals surface area contributed by atoms with Gasteiger partial charge in [-0.2, -0.15) is 0 Å². The first-order chi connectivity index (χ1) is 7.61. The second-order valence-corrected chi connectivity index (χ2v) is 3.60. The lowest BCUT2D eigenvalue weighted by atomic mass is 10.1. The van der Waals surface area contributed by atoms with Gasteiger partial charge in [-0.05, 0) is 17.7 Å². The number of ether oxygens (including phenoxy) is 1. The van der Waals surface area contributed by atoms with Gasteiger partial charge in [0.1, 0.15) is 6.54 Å². The molecule has 0 heterocycles. The molecule has 86 valence electrons. The van der Waals surface area contributed by atoms with Gasteiger partial charge >= 0.3 is 5.97 Å². The first-order valence-corrected chi connectivity index (χ1v) is 5.07. The summed E-state index contributed by atoms with van der Waals surface area (Å²) in [7, 11) is 1.27. The summed E-state index contributed by atoms with van der Waals surface area (Å²) in [6.45, 7) is -0.115. The highest BCUT2D eigenvalue weighted by molar-refractivity contribution is 6.30. The molecule has 1 aromatic rings. The molecule has 0 atom stereocenters. The van der Waals surface area contributed by atoms with E-state index >= 15 is 0 Å². The Morgan fingerprint density at radius 2 is 2.19 bits per heavy atom. The van der Waals surface area contributed by atoms with Crippen LogP contribution in [0.15, 0.2) is 24.3 Å². The van der Waals surface area contributed by atoms with Crippen LogP contribution in [0.3, 0.4) is 0 Å². The molecule has 0 aliphatic carbocycles. The van der Waals surface area contributed by atoms with Crippen molar-refractivity contribution in [3.05, 3.63) is 34.9 Å². The van der Waals surface area contributed by atoms with E-state index in [1.54, 1.807) is 24.3 Å². The molecule has 0 aliphatic rings. The fourth-order valence-electron chi connectivity index (χ4n) is 1.14. The molecule has 0 aromatic heterocycles. The van der Waals surface area contributed by atoms with Crippen molar-refractivity contribution < 1.29 is 14.3 Å². The maximum Gasteiger partial charge on any atom is 0.325 e. The fourth-order valence-corrected chi connectivity index (χ4v) is 1.35. The monoisotopic (exact) mass is 241 g/mol. The zero-order chi connectivity index (χ0) is 12.0. The Hall–Kier alpha value is -1.55. The standard InChI is InChI=1S/C11H12ClNO3/c1-16-11(15)7-13-10(14)6-8-3-2-4-9(12)5-8/h2-5H,6-7H2,1H3,(H,13,14). The molecule has 0 unspecified atom stereocenters. The molecule has 0 radical (unpaired) electrons. The number of benzene rings is 1. The van der Waals surface area contributed by atoms with Crippen LogP contribution in [0.5, 0.6) is 0 Å². The van der Waals surface area contributed by atoms with E-state index in [0.29, 0.717) is 5.02 Å². The quantitative estimate of drug-likeness (QED) is 0.806. The summed E-state index contributed by atoms with van der Waals surface area (Å²) in [5.41, 5.74) is 0.801. The summed E-state index contributed by atoms with van der Waals surface area (Å²) < 4.78 is 4.40. The smallest absolute Gasteiger partial charge is 0.325 e. The summed E-state index contributed by atoms with van der Waals surface area (Å²) in [5, 5.41) is 3.03. The van der Waals surface area contributed by atoms with E-state index in [9.17, 15) is 9.59 Å².